The summed E-state index contributed by atoms with van der Waals surface area (Å²) in [6, 6.07) is 6.08. The number of nitrogens with zero attached hydrogens (tertiary/aromatic N) is 2. The van der Waals surface area contributed by atoms with Crippen LogP contribution in [0, 0.1) is 0 Å². The summed E-state index contributed by atoms with van der Waals surface area (Å²) < 4.78 is 7.93. The minimum Gasteiger partial charge on any atom is -0.492 e. The SMILES string of the molecule is CCOc1cccc2c1nc(CCCl)n2C(C)(C)C. The molecule has 104 valence electrons. The molecule has 19 heavy (non-hydrogen) atoms. The molecular weight excluding hydrogens is 260 g/mol. The Hall–Kier alpha value is -1.22. The number of aromatic nitrogens is 2. The lowest BCUT2D eigenvalue weighted by atomic mass is 10.1. The van der Waals surface area contributed by atoms with Crippen molar-refractivity contribution in [3.8, 4) is 5.75 Å². The van der Waals surface area contributed by atoms with E-state index in [-0.39, 0.29) is 5.54 Å². The smallest absolute Gasteiger partial charge is 0.147 e. The molecule has 0 aliphatic carbocycles. The number of rotatable bonds is 4. The van der Waals surface area contributed by atoms with E-state index in [9.17, 15) is 0 Å². The van der Waals surface area contributed by atoms with Gasteiger partial charge in [-0.1, -0.05) is 6.07 Å². The second-order valence-corrected chi connectivity index (χ2v) is 5.91. The van der Waals surface area contributed by atoms with Crippen molar-refractivity contribution in [3.63, 3.8) is 0 Å². The minimum absolute atomic E-state index is 0.0268. The Morgan fingerprint density at radius 2 is 2.05 bits per heavy atom. The van der Waals surface area contributed by atoms with Crippen LogP contribution < -0.4 is 4.74 Å². The van der Waals surface area contributed by atoms with Crippen molar-refractivity contribution < 1.29 is 4.74 Å². The van der Waals surface area contributed by atoms with Gasteiger partial charge in [0, 0.05) is 17.8 Å². The van der Waals surface area contributed by atoms with E-state index in [2.05, 4.69) is 31.4 Å². The summed E-state index contributed by atoms with van der Waals surface area (Å²) in [5.74, 6) is 2.44. The van der Waals surface area contributed by atoms with Gasteiger partial charge in [0.25, 0.3) is 0 Å². The van der Waals surface area contributed by atoms with E-state index in [4.69, 9.17) is 21.3 Å². The van der Waals surface area contributed by atoms with E-state index >= 15 is 0 Å². The molecule has 0 aliphatic rings. The molecule has 0 atom stereocenters. The van der Waals surface area contributed by atoms with Gasteiger partial charge < -0.3 is 9.30 Å². The molecule has 3 nitrogen and oxygen atoms in total. The number of benzene rings is 1. The lowest BCUT2D eigenvalue weighted by molar-refractivity contribution is 0.343. The molecule has 0 unspecified atom stereocenters. The molecular formula is C15H21ClN2O. The van der Waals surface area contributed by atoms with E-state index in [0.29, 0.717) is 12.5 Å². The van der Waals surface area contributed by atoms with Crippen LogP contribution in [0.25, 0.3) is 11.0 Å². The number of ether oxygens (including phenoxy) is 1. The van der Waals surface area contributed by atoms with Gasteiger partial charge >= 0.3 is 0 Å². The van der Waals surface area contributed by atoms with Gasteiger partial charge in [-0.3, -0.25) is 0 Å². The van der Waals surface area contributed by atoms with E-state index in [1.807, 2.05) is 19.1 Å². The largest absolute Gasteiger partial charge is 0.492 e. The van der Waals surface area contributed by atoms with Crippen molar-refractivity contribution in [1.82, 2.24) is 9.55 Å². The molecule has 0 N–H and O–H groups in total. The van der Waals surface area contributed by atoms with Gasteiger partial charge in [-0.05, 0) is 39.8 Å². The molecule has 1 heterocycles. The van der Waals surface area contributed by atoms with Crippen molar-refractivity contribution in [1.29, 1.82) is 0 Å². The standard InChI is InChI=1S/C15H21ClN2O/c1-5-19-12-8-6-7-11-14(12)17-13(9-10-16)18(11)15(2,3)4/h6-8H,5,9-10H2,1-4H3. The summed E-state index contributed by atoms with van der Waals surface area (Å²) in [6.07, 6.45) is 0.763. The lowest BCUT2D eigenvalue weighted by Crippen LogP contribution is -2.24. The third kappa shape index (κ3) is 2.71. The van der Waals surface area contributed by atoms with Gasteiger partial charge in [0.2, 0.25) is 0 Å². The number of para-hydroxylation sites is 1. The molecule has 0 spiro atoms. The second kappa shape index (κ2) is 5.41. The number of imidazole rings is 1. The second-order valence-electron chi connectivity index (χ2n) is 5.53. The Kier molecular flexibility index (Phi) is 4.04. The fourth-order valence-corrected chi connectivity index (χ4v) is 2.56. The first kappa shape index (κ1) is 14.2. The third-order valence-electron chi connectivity index (χ3n) is 3.01. The number of hydrogen-bond donors (Lipinski definition) is 0. The lowest BCUT2D eigenvalue weighted by Gasteiger charge is -2.24. The number of hydrogen-bond acceptors (Lipinski definition) is 2. The Balaban J connectivity index is 2.69. The molecule has 0 saturated carbocycles. The molecule has 1 aromatic heterocycles. The Morgan fingerprint density at radius 1 is 1.32 bits per heavy atom. The zero-order chi connectivity index (χ0) is 14.0. The van der Waals surface area contributed by atoms with Crippen LogP contribution in [0.3, 0.4) is 0 Å². The fraction of sp³-hybridized carbons (Fsp3) is 0.533. The van der Waals surface area contributed by atoms with E-state index in [1.165, 1.54) is 0 Å². The maximum atomic E-state index is 5.90. The van der Waals surface area contributed by atoms with Gasteiger partial charge in [0.1, 0.15) is 17.1 Å². The molecule has 0 amide bonds. The van der Waals surface area contributed by atoms with Gasteiger partial charge in [-0.15, -0.1) is 11.6 Å². The third-order valence-corrected chi connectivity index (χ3v) is 3.20. The van der Waals surface area contributed by atoms with Crippen molar-refractivity contribution in [2.45, 2.75) is 39.7 Å². The first-order valence-corrected chi connectivity index (χ1v) is 7.22. The quantitative estimate of drug-likeness (QED) is 0.793. The molecule has 2 aromatic rings. The summed E-state index contributed by atoms with van der Waals surface area (Å²) in [5.41, 5.74) is 2.01. The monoisotopic (exact) mass is 280 g/mol. The van der Waals surface area contributed by atoms with Crippen LogP contribution in [-0.4, -0.2) is 22.0 Å². The highest BCUT2D eigenvalue weighted by Gasteiger charge is 2.22. The first-order chi connectivity index (χ1) is 8.99. The molecule has 0 bridgehead atoms. The number of aryl methyl sites for hydroxylation is 1. The Bertz CT molecular complexity index is 569. The highest BCUT2D eigenvalue weighted by molar-refractivity contribution is 6.17. The molecule has 0 aliphatic heterocycles. The maximum absolute atomic E-state index is 5.90. The van der Waals surface area contributed by atoms with E-state index in [1.54, 1.807) is 0 Å². The van der Waals surface area contributed by atoms with Crippen LogP contribution in [-0.2, 0) is 12.0 Å². The van der Waals surface area contributed by atoms with Crippen molar-refractivity contribution in [2.24, 2.45) is 0 Å². The van der Waals surface area contributed by atoms with Crippen LogP contribution in [0.2, 0.25) is 0 Å². The zero-order valence-corrected chi connectivity index (χ0v) is 12.8. The predicted octanol–water partition coefficient (Wildman–Crippen LogP) is 3.97. The van der Waals surface area contributed by atoms with Crippen molar-refractivity contribution >= 4 is 22.6 Å². The Labute approximate surface area is 119 Å². The topological polar surface area (TPSA) is 27.1 Å². The summed E-state index contributed by atoms with van der Waals surface area (Å²) in [5, 5.41) is 0. The van der Waals surface area contributed by atoms with E-state index in [0.717, 1.165) is 29.0 Å². The number of halogens is 1. The number of alkyl halides is 1. The van der Waals surface area contributed by atoms with Crippen LogP contribution in [0.15, 0.2) is 18.2 Å². The minimum atomic E-state index is -0.0268. The number of fused-ring (bicyclic) bond motifs is 1. The molecule has 0 fully saturated rings. The predicted molar refractivity (Wildman–Crippen MR) is 80.3 cm³/mol. The van der Waals surface area contributed by atoms with Gasteiger partial charge in [-0.25, -0.2) is 4.98 Å². The van der Waals surface area contributed by atoms with Crippen LogP contribution in [0.1, 0.15) is 33.5 Å². The van der Waals surface area contributed by atoms with Crippen LogP contribution >= 0.6 is 11.6 Å². The summed E-state index contributed by atoms with van der Waals surface area (Å²) in [4.78, 5) is 4.74. The van der Waals surface area contributed by atoms with Crippen molar-refractivity contribution in [3.05, 3.63) is 24.0 Å². The van der Waals surface area contributed by atoms with Gasteiger partial charge in [0.15, 0.2) is 0 Å². The molecule has 2 rings (SSSR count). The molecule has 0 saturated heterocycles. The van der Waals surface area contributed by atoms with Gasteiger partial charge in [0.05, 0.1) is 12.1 Å². The zero-order valence-electron chi connectivity index (χ0n) is 12.0. The van der Waals surface area contributed by atoms with Gasteiger partial charge in [-0.2, -0.15) is 0 Å². The van der Waals surface area contributed by atoms with Crippen LogP contribution in [0.4, 0.5) is 0 Å². The van der Waals surface area contributed by atoms with Crippen LogP contribution in [0.5, 0.6) is 5.75 Å². The highest BCUT2D eigenvalue weighted by atomic mass is 35.5. The fourth-order valence-electron chi connectivity index (χ4n) is 2.39. The molecule has 4 heteroatoms. The van der Waals surface area contributed by atoms with E-state index < -0.39 is 0 Å². The average molecular weight is 281 g/mol. The normalized spacial score (nSPS) is 12.1. The summed E-state index contributed by atoms with van der Waals surface area (Å²) in [7, 11) is 0. The molecule has 0 radical (unpaired) electrons. The van der Waals surface area contributed by atoms with Crippen molar-refractivity contribution in [2.75, 3.05) is 12.5 Å². The highest BCUT2D eigenvalue weighted by Crippen LogP contribution is 2.30. The first-order valence-electron chi connectivity index (χ1n) is 6.68. The summed E-state index contributed by atoms with van der Waals surface area (Å²) in [6.45, 7) is 9.17. The summed E-state index contributed by atoms with van der Waals surface area (Å²) >= 11 is 5.90. The maximum Gasteiger partial charge on any atom is 0.147 e. The average Bonchev–Trinajstić information content (AvgIpc) is 2.68. The Morgan fingerprint density at radius 3 is 2.63 bits per heavy atom. The molecule has 1 aromatic carbocycles.